The van der Waals surface area contributed by atoms with Gasteiger partial charge in [0.2, 0.25) is 5.91 Å². The van der Waals surface area contributed by atoms with E-state index in [1.165, 1.54) is 0 Å². The summed E-state index contributed by atoms with van der Waals surface area (Å²) in [5.74, 6) is 0.143. The van der Waals surface area contributed by atoms with Crippen LogP contribution in [0.1, 0.15) is 31.4 Å². The van der Waals surface area contributed by atoms with Gasteiger partial charge in [-0.05, 0) is 34.0 Å². The fraction of sp³-hybridized carbons (Fsp3) is 0.500. The van der Waals surface area contributed by atoms with Gasteiger partial charge in [0, 0.05) is 35.9 Å². The van der Waals surface area contributed by atoms with Crippen LogP contribution in [-0.2, 0) is 4.79 Å². The van der Waals surface area contributed by atoms with Crippen molar-refractivity contribution in [1.29, 1.82) is 0 Å². The SMILES string of the molecule is CCCN1C(=O)CC(N)C1c1cncc(Br)c1. The third kappa shape index (κ3) is 2.50. The largest absolute Gasteiger partial charge is 0.334 e. The molecule has 1 fully saturated rings. The maximum Gasteiger partial charge on any atom is 0.224 e. The highest BCUT2D eigenvalue weighted by Crippen LogP contribution is 2.32. The van der Waals surface area contributed by atoms with E-state index in [-0.39, 0.29) is 18.0 Å². The first kappa shape index (κ1) is 12.5. The van der Waals surface area contributed by atoms with Crippen molar-refractivity contribution < 1.29 is 4.79 Å². The number of hydrogen-bond donors (Lipinski definition) is 1. The van der Waals surface area contributed by atoms with Crippen molar-refractivity contribution in [1.82, 2.24) is 9.88 Å². The Morgan fingerprint density at radius 3 is 3.00 bits per heavy atom. The second kappa shape index (κ2) is 5.14. The Balaban J connectivity index is 2.31. The van der Waals surface area contributed by atoms with Crippen molar-refractivity contribution in [2.24, 2.45) is 5.73 Å². The van der Waals surface area contributed by atoms with E-state index in [9.17, 15) is 4.79 Å². The average Bonchev–Trinajstić information content (AvgIpc) is 2.54. The summed E-state index contributed by atoms with van der Waals surface area (Å²) in [7, 11) is 0. The van der Waals surface area contributed by atoms with Crippen LogP contribution in [0.3, 0.4) is 0 Å². The molecule has 1 aliphatic rings. The molecule has 92 valence electrons. The van der Waals surface area contributed by atoms with Gasteiger partial charge in [0.25, 0.3) is 0 Å². The number of halogens is 1. The molecular formula is C12H16BrN3O. The van der Waals surface area contributed by atoms with E-state index in [1.807, 2.05) is 11.0 Å². The maximum atomic E-state index is 11.9. The molecule has 1 saturated heterocycles. The highest BCUT2D eigenvalue weighted by atomic mass is 79.9. The molecule has 2 N–H and O–H groups in total. The number of nitrogens with two attached hydrogens (primary N) is 1. The maximum absolute atomic E-state index is 11.9. The number of hydrogen-bond acceptors (Lipinski definition) is 3. The Hall–Kier alpha value is -0.940. The number of amides is 1. The first-order chi connectivity index (χ1) is 8.13. The molecule has 0 aromatic carbocycles. The molecule has 2 atom stereocenters. The topological polar surface area (TPSA) is 59.2 Å². The molecule has 4 nitrogen and oxygen atoms in total. The molecule has 1 aromatic rings. The molecule has 0 radical (unpaired) electrons. The van der Waals surface area contributed by atoms with Crippen LogP contribution >= 0.6 is 15.9 Å². The Morgan fingerprint density at radius 2 is 2.35 bits per heavy atom. The zero-order valence-corrected chi connectivity index (χ0v) is 11.4. The van der Waals surface area contributed by atoms with E-state index in [0.717, 1.165) is 23.0 Å². The van der Waals surface area contributed by atoms with E-state index < -0.39 is 0 Å². The highest BCUT2D eigenvalue weighted by Gasteiger charge is 2.38. The van der Waals surface area contributed by atoms with Gasteiger partial charge >= 0.3 is 0 Å². The Labute approximate surface area is 109 Å². The van der Waals surface area contributed by atoms with Crippen LogP contribution in [0.5, 0.6) is 0 Å². The molecule has 1 aromatic heterocycles. The number of carbonyl (C=O) groups is 1. The molecule has 0 aliphatic carbocycles. The van der Waals surface area contributed by atoms with Crippen LogP contribution in [0.2, 0.25) is 0 Å². The summed E-state index contributed by atoms with van der Waals surface area (Å²) in [5.41, 5.74) is 7.07. The molecule has 5 heteroatoms. The molecule has 0 bridgehead atoms. The van der Waals surface area contributed by atoms with Gasteiger partial charge in [0.05, 0.1) is 6.04 Å². The third-order valence-corrected chi connectivity index (χ3v) is 3.44. The third-order valence-electron chi connectivity index (χ3n) is 3.00. The van der Waals surface area contributed by atoms with Gasteiger partial charge in [-0.25, -0.2) is 0 Å². The average molecular weight is 298 g/mol. The second-order valence-electron chi connectivity index (χ2n) is 4.34. The number of pyridine rings is 1. The Bertz CT molecular complexity index is 424. The summed E-state index contributed by atoms with van der Waals surface area (Å²) in [6.07, 6.45) is 4.89. The summed E-state index contributed by atoms with van der Waals surface area (Å²) in [6.45, 7) is 2.82. The minimum absolute atomic E-state index is 0.0348. The van der Waals surface area contributed by atoms with Gasteiger partial charge in [0.15, 0.2) is 0 Å². The summed E-state index contributed by atoms with van der Waals surface area (Å²) in [4.78, 5) is 17.9. The fourth-order valence-electron chi connectivity index (χ4n) is 2.34. The van der Waals surface area contributed by atoms with Crippen LogP contribution in [0.25, 0.3) is 0 Å². The standard InChI is InChI=1S/C12H16BrN3O/c1-2-3-16-11(17)5-10(14)12(16)8-4-9(13)7-15-6-8/h4,6-7,10,12H,2-3,5,14H2,1H3. The lowest BCUT2D eigenvalue weighted by atomic mass is 10.0. The minimum atomic E-state index is -0.134. The monoisotopic (exact) mass is 297 g/mol. The van der Waals surface area contributed by atoms with Crippen molar-refractivity contribution in [2.75, 3.05) is 6.54 Å². The number of nitrogens with zero attached hydrogens (tertiary/aromatic N) is 2. The molecule has 2 unspecified atom stereocenters. The van der Waals surface area contributed by atoms with Crippen LogP contribution < -0.4 is 5.73 Å². The van der Waals surface area contributed by atoms with Gasteiger partial charge in [-0.2, -0.15) is 0 Å². The predicted octanol–water partition coefficient (Wildman–Crippen LogP) is 1.85. The lowest BCUT2D eigenvalue weighted by Crippen LogP contribution is -2.33. The summed E-state index contributed by atoms with van der Waals surface area (Å²) in [5, 5.41) is 0. The van der Waals surface area contributed by atoms with Crippen LogP contribution in [0.15, 0.2) is 22.9 Å². The molecule has 2 rings (SSSR count). The lowest BCUT2D eigenvalue weighted by Gasteiger charge is -2.26. The molecule has 2 heterocycles. The number of rotatable bonds is 3. The van der Waals surface area contributed by atoms with Crippen molar-refractivity contribution >= 4 is 21.8 Å². The minimum Gasteiger partial charge on any atom is -0.334 e. The van der Waals surface area contributed by atoms with Crippen LogP contribution in [-0.4, -0.2) is 28.4 Å². The molecule has 17 heavy (non-hydrogen) atoms. The second-order valence-corrected chi connectivity index (χ2v) is 5.25. The summed E-state index contributed by atoms with van der Waals surface area (Å²) in [6, 6.07) is 1.82. The van der Waals surface area contributed by atoms with Gasteiger partial charge < -0.3 is 10.6 Å². The first-order valence-electron chi connectivity index (χ1n) is 5.79. The normalized spacial score (nSPS) is 24.4. The van der Waals surface area contributed by atoms with E-state index >= 15 is 0 Å². The molecular weight excluding hydrogens is 282 g/mol. The number of carbonyl (C=O) groups excluding carboxylic acids is 1. The van der Waals surface area contributed by atoms with Crippen LogP contribution in [0, 0.1) is 0 Å². The van der Waals surface area contributed by atoms with Gasteiger partial charge in [0.1, 0.15) is 0 Å². The van der Waals surface area contributed by atoms with E-state index in [1.54, 1.807) is 12.4 Å². The molecule has 0 saturated carbocycles. The van der Waals surface area contributed by atoms with Crippen LogP contribution in [0.4, 0.5) is 0 Å². The number of likely N-dealkylation sites (tertiary alicyclic amines) is 1. The Kier molecular flexibility index (Phi) is 3.79. The smallest absolute Gasteiger partial charge is 0.224 e. The molecule has 1 amide bonds. The predicted molar refractivity (Wildman–Crippen MR) is 69.3 cm³/mol. The zero-order chi connectivity index (χ0) is 12.4. The van der Waals surface area contributed by atoms with E-state index in [0.29, 0.717) is 6.42 Å². The number of aromatic nitrogens is 1. The highest BCUT2D eigenvalue weighted by molar-refractivity contribution is 9.10. The zero-order valence-electron chi connectivity index (χ0n) is 9.77. The van der Waals surface area contributed by atoms with E-state index in [4.69, 9.17) is 5.73 Å². The summed E-state index contributed by atoms with van der Waals surface area (Å²) < 4.78 is 0.915. The summed E-state index contributed by atoms with van der Waals surface area (Å²) >= 11 is 3.40. The van der Waals surface area contributed by atoms with E-state index in [2.05, 4.69) is 27.8 Å². The van der Waals surface area contributed by atoms with Crippen molar-refractivity contribution in [2.45, 2.75) is 31.8 Å². The van der Waals surface area contributed by atoms with Gasteiger partial charge in [-0.3, -0.25) is 9.78 Å². The molecule has 0 spiro atoms. The van der Waals surface area contributed by atoms with Crippen molar-refractivity contribution in [3.8, 4) is 0 Å². The first-order valence-corrected chi connectivity index (χ1v) is 6.58. The van der Waals surface area contributed by atoms with Crippen molar-refractivity contribution in [3.05, 3.63) is 28.5 Å². The quantitative estimate of drug-likeness (QED) is 0.926. The molecule has 1 aliphatic heterocycles. The Morgan fingerprint density at radius 1 is 1.59 bits per heavy atom. The fourth-order valence-corrected chi connectivity index (χ4v) is 2.72. The van der Waals surface area contributed by atoms with Crippen molar-refractivity contribution in [3.63, 3.8) is 0 Å². The lowest BCUT2D eigenvalue weighted by molar-refractivity contribution is -0.129. The van der Waals surface area contributed by atoms with Gasteiger partial charge in [-0.15, -0.1) is 0 Å². The van der Waals surface area contributed by atoms with Gasteiger partial charge in [-0.1, -0.05) is 6.92 Å².